The minimum absolute atomic E-state index is 0.404. The lowest BCUT2D eigenvalue weighted by molar-refractivity contribution is 0.288. The van der Waals surface area contributed by atoms with Crippen molar-refractivity contribution in [1.29, 1.82) is 0 Å². The predicted molar refractivity (Wildman–Crippen MR) is 73.9 cm³/mol. The molecule has 0 fully saturated rings. The molecular weight excluding hydrogens is 257 g/mol. The van der Waals surface area contributed by atoms with E-state index < -0.39 is 7.32 Å². The predicted octanol–water partition coefficient (Wildman–Crippen LogP) is 0.828. The molecule has 1 aromatic carbocycles. The van der Waals surface area contributed by atoms with Gasteiger partial charge in [0.1, 0.15) is 11.3 Å². The van der Waals surface area contributed by atoms with Crippen LogP contribution >= 0.6 is 0 Å². The molecule has 20 heavy (non-hydrogen) atoms. The van der Waals surface area contributed by atoms with Gasteiger partial charge in [0.2, 0.25) is 0 Å². The molecule has 0 saturated heterocycles. The smallest absolute Gasteiger partial charge is 0.512 e. The number of fused-ring (bicyclic) bond motifs is 1. The third kappa shape index (κ3) is 2.63. The van der Waals surface area contributed by atoms with Gasteiger partial charge in [-0.25, -0.2) is 4.98 Å². The van der Waals surface area contributed by atoms with Crippen molar-refractivity contribution in [2.45, 2.75) is 6.54 Å². The first-order valence-corrected chi connectivity index (χ1v) is 6.10. The Labute approximate surface area is 115 Å². The van der Waals surface area contributed by atoms with Crippen molar-refractivity contribution in [3.8, 4) is 5.75 Å². The van der Waals surface area contributed by atoms with Gasteiger partial charge in [0.25, 0.3) is 0 Å². The minimum Gasteiger partial charge on any atom is -0.512 e. The largest absolute Gasteiger partial charge is 0.707 e. The Morgan fingerprint density at radius 3 is 2.55 bits per heavy atom. The maximum Gasteiger partial charge on any atom is 0.707 e. The van der Waals surface area contributed by atoms with Crippen LogP contribution in [0, 0.1) is 0 Å². The van der Waals surface area contributed by atoms with Crippen LogP contribution in [0.4, 0.5) is 0 Å². The molecule has 0 radical (unpaired) electrons. The van der Waals surface area contributed by atoms with Crippen molar-refractivity contribution < 1.29 is 14.7 Å². The summed E-state index contributed by atoms with van der Waals surface area (Å²) < 4.78 is 6.76. The zero-order valence-electron chi connectivity index (χ0n) is 10.5. The Bertz CT molecular complexity index is 712. The van der Waals surface area contributed by atoms with Crippen molar-refractivity contribution in [2.75, 3.05) is 0 Å². The summed E-state index contributed by atoms with van der Waals surface area (Å²) in [5.41, 5.74) is 2.74. The highest BCUT2D eigenvalue weighted by Crippen LogP contribution is 2.16. The molecule has 2 N–H and O–H groups in total. The zero-order chi connectivity index (χ0) is 13.9. The average molecular weight is 269 g/mol. The molecule has 0 bridgehead atoms. The SMILES string of the molecule is OB(O)Oc1ccc(Cn2ccc3nccnc32)cc1. The lowest BCUT2D eigenvalue weighted by Crippen LogP contribution is -2.20. The Balaban J connectivity index is 1.80. The number of aromatic nitrogens is 3. The third-order valence-corrected chi connectivity index (χ3v) is 2.91. The zero-order valence-corrected chi connectivity index (χ0v) is 10.5. The number of rotatable bonds is 4. The maximum atomic E-state index is 8.71. The van der Waals surface area contributed by atoms with Gasteiger partial charge in [0.05, 0.1) is 0 Å². The average Bonchev–Trinajstić information content (AvgIpc) is 2.84. The summed E-state index contributed by atoms with van der Waals surface area (Å²) >= 11 is 0. The molecule has 100 valence electrons. The number of hydrogen-bond donors (Lipinski definition) is 2. The van der Waals surface area contributed by atoms with Crippen LogP contribution < -0.4 is 4.65 Å². The van der Waals surface area contributed by atoms with Gasteiger partial charge < -0.3 is 19.3 Å². The molecule has 0 unspecified atom stereocenters. The van der Waals surface area contributed by atoms with Crippen molar-refractivity contribution in [2.24, 2.45) is 0 Å². The summed E-state index contributed by atoms with van der Waals surface area (Å²) in [5, 5.41) is 17.4. The van der Waals surface area contributed by atoms with Gasteiger partial charge >= 0.3 is 7.32 Å². The lowest BCUT2D eigenvalue weighted by Gasteiger charge is -2.07. The normalized spacial score (nSPS) is 10.7. The van der Waals surface area contributed by atoms with Crippen LogP contribution in [0.2, 0.25) is 0 Å². The summed E-state index contributed by atoms with van der Waals surface area (Å²) in [6.07, 6.45) is 5.27. The quantitative estimate of drug-likeness (QED) is 0.685. The molecule has 2 aromatic heterocycles. The molecule has 0 aliphatic carbocycles. The molecule has 6 nitrogen and oxygen atoms in total. The van der Waals surface area contributed by atoms with E-state index >= 15 is 0 Å². The topological polar surface area (TPSA) is 80.4 Å². The monoisotopic (exact) mass is 269 g/mol. The van der Waals surface area contributed by atoms with E-state index in [1.165, 1.54) is 0 Å². The summed E-state index contributed by atoms with van der Waals surface area (Å²) in [6, 6.07) is 9.01. The molecule has 0 aliphatic rings. The standard InChI is InChI=1S/C13H12BN3O3/c18-14(19)20-11-3-1-10(2-4-11)9-17-8-5-12-13(17)16-7-6-15-12/h1-8,18-19H,9H2. The summed E-state index contributed by atoms with van der Waals surface area (Å²) in [4.78, 5) is 8.54. The summed E-state index contributed by atoms with van der Waals surface area (Å²) in [6.45, 7) is 0.657. The Morgan fingerprint density at radius 1 is 1.05 bits per heavy atom. The van der Waals surface area contributed by atoms with E-state index in [0.717, 1.165) is 16.7 Å². The maximum absolute atomic E-state index is 8.71. The fourth-order valence-electron chi connectivity index (χ4n) is 2.03. The van der Waals surface area contributed by atoms with Crippen molar-refractivity contribution >= 4 is 18.5 Å². The van der Waals surface area contributed by atoms with Gasteiger partial charge in [0.15, 0.2) is 5.65 Å². The van der Waals surface area contributed by atoms with Gasteiger partial charge in [-0.3, -0.25) is 4.98 Å². The van der Waals surface area contributed by atoms with Crippen LogP contribution in [0.25, 0.3) is 11.2 Å². The Hall–Kier alpha value is -2.38. The second-order valence-corrected chi connectivity index (χ2v) is 4.30. The molecule has 3 rings (SSSR count). The number of benzene rings is 1. The van der Waals surface area contributed by atoms with E-state index in [1.807, 2.05) is 29.0 Å². The van der Waals surface area contributed by atoms with Crippen LogP contribution in [0.15, 0.2) is 48.9 Å². The van der Waals surface area contributed by atoms with E-state index in [-0.39, 0.29) is 0 Å². The lowest BCUT2D eigenvalue weighted by atomic mass is 10.2. The minimum atomic E-state index is -1.80. The first kappa shape index (κ1) is 12.6. The molecule has 7 heteroatoms. The fourth-order valence-corrected chi connectivity index (χ4v) is 2.03. The molecule has 0 atom stereocenters. The highest BCUT2D eigenvalue weighted by molar-refractivity contribution is 6.33. The molecule has 0 amide bonds. The van der Waals surface area contributed by atoms with Crippen LogP contribution in [0.3, 0.4) is 0 Å². The van der Waals surface area contributed by atoms with E-state index in [1.54, 1.807) is 24.5 Å². The summed E-state index contributed by atoms with van der Waals surface area (Å²) in [5.74, 6) is 0.404. The van der Waals surface area contributed by atoms with Gasteiger partial charge in [-0.2, -0.15) is 0 Å². The molecule has 0 spiro atoms. The highest BCUT2D eigenvalue weighted by atomic mass is 16.6. The first-order valence-electron chi connectivity index (χ1n) is 6.10. The third-order valence-electron chi connectivity index (χ3n) is 2.91. The second kappa shape index (κ2) is 5.32. The van der Waals surface area contributed by atoms with E-state index in [2.05, 4.69) is 9.97 Å². The Morgan fingerprint density at radius 2 is 1.80 bits per heavy atom. The van der Waals surface area contributed by atoms with E-state index in [4.69, 9.17) is 14.7 Å². The van der Waals surface area contributed by atoms with Gasteiger partial charge in [-0.15, -0.1) is 0 Å². The van der Waals surface area contributed by atoms with Gasteiger partial charge in [-0.05, 0) is 23.8 Å². The van der Waals surface area contributed by atoms with Crippen molar-refractivity contribution in [3.63, 3.8) is 0 Å². The van der Waals surface area contributed by atoms with Gasteiger partial charge in [-0.1, -0.05) is 12.1 Å². The van der Waals surface area contributed by atoms with Crippen LogP contribution in [-0.4, -0.2) is 31.9 Å². The van der Waals surface area contributed by atoms with Crippen molar-refractivity contribution in [1.82, 2.24) is 14.5 Å². The van der Waals surface area contributed by atoms with Crippen LogP contribution in [0.1, 0.15) is 5.56 Å². The van der Waals surface area contributed by atoms with Crippen LogP contribution in [-0.2, 0) is 6.54 Å². The van der Waals surface area contributed by atoms with E-state index in [0.29, 0.717) is 12.3 Å². The first-order chi connectivity index (χ1) is 9.72. The molecule has 2 heterocycles. The Kier molecular flexibility index (Phi) is 3.36. The fraction of sp³-hybridized carbons (Fsp3) is 0.0769. The number of nitrogens with zero attached hydrogens (tertiary/aromatic N) is 3. The highest BCUT2D eigenvalue weighted by Gasteiger charge is 2.10. The molecule has 3 aromatic rings. The molecular formula is C13H12BN3O3. The molecule has 0 aliphatic heterocycles. The summed E-state index contributed by atoms with van der Waals surface area (Å²) in [7, 11) is -1.80. The molecule has 0 saturated carbocycles. The van der Waals surface area contributed by atoms with Crippen molar-refractivity contribution in [3.05, 3.63) is 54.5 Å². The van der Waals surface area contributed by atoms with Crippen LogP contribution in [0.5, 0.6) is 5.75 Å². The second-order valence-electron chi connectivity index (χ2n) is 4.30. The number of hydrogen-bond acceptors (Lipinski definition) is 5. The van der Waals surface area contributed by atoms with Gasteiger partial charge in [0, 0.05) is 25.1 Å². The van der Waals surface area contributed by atoms with E-state index in [9.17, 15) is 0 Å².